The highest BCUT2D eigenvalue weighted by Gasteiger charge is 2.52. The van der Waals surface area contributed by atoms with Gasteiger partial charge in [-0.3, -0.25) is 14.7 Å². The number of nitrogens with zero attached hydrogens (tertiary/aromatic N) is 6. The lowest BCUT2D eigenvalue weighted by molar-refractivity contribution is 0.00578. The molecule has 6 aromatic carbocycles. The van der Waals surface area contributed by atoms with E-state index in [0.717, 1.165) is 127 Å². The maximum absolute atomic E-state index is 12.3. The molecule has 0 spiro atoms. The van der Waals surface area contributed by atoms with Gasteiger partial charge < -0.3 is 52.4 Å². The summed E-state index contributed by atoms with van der Waals surface area (Å²) in [6.07, 6.45) is 9.78. The van der Waals surface area contributed by atoms with Crippen LogP contribution in [0.15, 0.2) is 149 Å². The average Bonchev–Trinajstić information content (AvgIpc) is 1.62. The number of hydrogen-bond acceptors (Lipinski definition) is 17. The van der Waals surface area contributed by atoms with E-state index in [9.17, 15) is 28.8 Å². The monoisotopic (exact) mass is 1590 g/mol. The number of amides is 3. The third kappa shape index (κ3) is 24.2. The number of carbonyl (C=O) groups excluding carboxylic acids is 6. The van der Waals surface area contributed by atoms with Crippen LogP contribution in [0.5, 0.6) is 0 Å². The summed E-state index contributed by atoms with van der Waals surface area (Å²) in [6.45, 7) is 37.5. The molecule has 2 fully saturated rings. The van der Waals surface area contributed by atoms with Gasteiger partial charge in [0.15, 0.2) is 0 Å². The highest BCUT2D eigenvalue weighted by Crippen LogP contribution is 2.40. The number of ether oxygens (including phenoxy) is 6. The Labute approximate surface area is 672 Å². The number of likely N-dealkylation sites (tertiary alicyclic amines) is 1. The molecule has 3 amide bonds. The van der Waals surface area contributed by atoms with Crippen LogP contribution in [0, 0.1) is 0 Å². The first-order valence-electron chi connectivity index (χ1n) is 39.4. The third-order valence-corrected chi connectivity index (χ3v) is 22.1. The Hall–Kier alpha value is -8.64. The highest BCUT2D eigenvalue weighted by atomic mass is 79.9. The van der Waals surface area contributed by atoms with Gasteiger partial charge in [-0.1, -0.05) is 107 Å². The Morgan fingerprint density at radius 1 is 0.429 bits per heavy atom. The van der Waals surface area contributed by atoms with Gasteiger partial charge in [0.2, 0.25) is 0 Å². The molecule has 112 heavy (non-hydrogen) atoms. The van der Waals surface area contributed by atoms with E-state index >= 15 is 0 Å². The molecule has 600 valence electrons. The largest absolute Gasteiger partial charge is 0.490 e. The number of rotatable bonds is 12. The molecular formula is C90H116BBrN6O14. The number of hydrogen-bond donors (Lipinski definition) is 0. The van der Waals surface area contributed by atoms with Crippen molar-refractivity contribution in [2.45, 2.75) is 208 Å². The molecule has 0 N–H and O–H groups in total. The van der Waals surface area contributed by atoms with Gasteiger partial charge in [-0.15, -0.1) is 0 Å². The van der Waals surface area contributed by atoms with Gasteiger partial charge in [-0.2, -0.15) is 0 Å². The number of piperidine rings is 1. The van der Waals surface area contributed by atoms with Crippen LogP contribution in [0.3, 0.4) is 0 Å². The molecule has 13 rings (SSSR count). The zero-order valence-corrected chi connectivity index (χ0v) is 70.4. The lowest BCUT2D eigenvalue weighted by Gasteiger charge is -2.33. The average molecular weight is 1600 g/mol. The fourth-order valence-corrected chi connectivity index (χ4v) is 14.9. The molecule has 7 aliphatic heterocycles. The predicted molar refractivity (Wildman–Crippen MR) is 441 cm³/mol. The normalized spacial score (nSPS) is 17.8. The standard InChI is InChI=1S/C28H36N2O4.C28H34N2O4.C18H18BrNO2.C16H28BNO4/c2*1-28(2,3)34-27(32)30-15-12-22(13-16-30)21-7-5-20(6-8-21)18-29-14-11-23-17-24(26(31)33-4)9-10-25(23)19-29;1-22-18(21)15-4-5-16-12-20(9-8-14(16)10-15)11-13-2-6-17(19)7-3-13;1-14(2,3)20-13(19)18-10-8-12(9-11-18)17-21-15(4,5)16(6,7)22-17/h5-10,17,22H,11-16,18-19H2,1-4H3;5-10,12,17H,11,13-16,18-19H2,1-4H3;2-7,10H,8-9,11-12H2,1H3;8H,9-11H2,1-7H3. The minimum absolute atomic E-state index is 0.203. The summed E-state index contributed by atoms with van der Waals surface area (Å²) in [4.78, 5) is 84.4. The molecule has 7 heterocycles. The number of carbonyl (C=O) groups is 6. The predicted octanol–water partition coefficient (Wildman–Crippen LogP) is 17.2. The van der Waals surface area contributed by atoms with Gasteiger partial charge in [0.05, 0.1) is 49.2 Å². The molecular weight excluding hydrogens is 1480 g/mol. The summed E-state index contributed by atoms with van der Waals surface area (Å²) in [6, 6.07) is 43.9. The lowest BCUT2D eigenvalue weighted by Crippen LogP contribution is -2.41. The third-order valence-electron chi connectivity index (χ3n) is 21.5. The topological polar surface area (TPSA) is 196 Å². The van der Waals surface area contributed by atoms with E-state index in [1.165, 1.54) is 88.1 Å². The van der Waals surface area contributed by atoms with Crippen molar-refractivity contribution in [3.8, 4) is 0 Å². The minimum atomic E-state index is -0.473. The van der Waals surface area contributed by atoms with Crippen LogP contribution in [-0.2, 0) is 96.3 Å². The van der Waals surface area contributed by atoms with E-state index in [2.05, 4.69) is 122 Å². The summed E-state index contributed by atoms with van der Waals surface area (Å²) >= 11 is 3.46. The van der Waals surface area contributed by atoms with E-state index in [1.54, 1.807) is 9.80 Å². The summed E-state index contributed by atoms with van der Waals surface area (Å²) < 4.78 is 44.1. The van der Waals surface area contributed by atoms with E-state index in [4.69, 9.17) is 37.7 Å². The van der Waals surface area contributed by atoms with Crippen molar-refractivity contribution in [3.05, 3.63) is 227 Å². The Morgan fingerprint density at radius 2 is 0.786 bits per heavy atom. The van der Waals surface area contributed by atoms with Crippen molar-refractivity contribution in [2.75, 3.05) is 80.2 Å². The summed E-state index contributed by atoms with van der Waals surface area (Å²) in [5, 5.41) is 0. The SMILES string of the molecule is CC(C)(C)OC(=O)N1CC=C(B2OC(C)(C)C(C)(C)O2)CC1.COC(=O)c1ccc2c(c1)CCN(Cc1ccc(Br)cc1)C2.COC(=O)c1ccc2c(c1)CCN(Cc1ccc(C3=CCN(C(=O)OC(C)(C)C)CC3)cc1)C2.COC(=O)c1ccc2c(c1)CCN(Cc1ccc(C3CCN(C(=O)OC(C)(C)C)CC3)cc1)C2. The van der Waals surface area contributed by atoms with Crippen molar-refractivity contribution < 1.29 is 66.5 Å². The number of halogens is 1. The van der Waals surface area contributed by atoms with Gasteiger partial charge in [0.1, 0.15) is 16.8 Å². The van der Waals surface area contributed by atoms with Crippen LogP contribution >= 0.6 is 15.9 Å². The first kappa shape index (κ1) is 85.8. The second-order valence-corrected chi connectivity index (χ2v) is 35.0. The van der Waals surface area contributed by atoms with Crippen molar-refractivity contribution in [1.29, 1.82) is 0 Å². The number of fused-ring (bicyclic) bond motifs is 3. The zero-order valence-electron chi connectivity index (χ0n) is 68.8. The van der Waals surface area contributed by atoms with Gasteiger partial charge in [0, 0.05) is 103 Å². The maximum Gasteiger partial charge on any atom is 0.490 e. The first-order valence-corrected chi connectivity index (χ1v) is 40.2. The van der Waals surface area contributed by atoms with Crippen LogP contribution in [-0.4, -0.2) is 181 Å². The van der Waals surface area contributed by atoms with Crippen molar-refractivity contribution in [1.82, 2.24) is 29.4 Å². The van der Waals surface area contributed by atoms with Crippen molar-refractivity contribution >= 4 is 64.8 Å². The molecule has 0 aromatic heterocycles. The Balaban J connectivity index is 0.000000162. The fourth-order valence-electron chi connectivity index (χ4n) is 14.6. The molecule has 0 bridgehead atoms. The molecule has 7 aliphatic rings. The van der Waals surface area contributed by atoms with Gasteiger partial charge in [-0.05, 0) is 262 Å². The number of esters is 3. The zero-order chi connectivity index (χ0) is 80.9. The lowest BCUT2D eigenvalue weighted by atomic mass is 9.75. The van der Waals surface area contributed by atoms with E-state index in [0.29, 0.717) is 48.8 Å². The Kier molecular flexibility index (Phi) is 28.8. The Bertz CT molecular complexity index is 4330. The maximum atomic E-state index is 12.3. The molecule has 0 aliphatic carbocycles. The summed E-state index contributed by atoms with van der Waals surface area (Å²) in [5.41, 5.74) is 16.3. The van der Waals surface area contributed by atoms with Crippen molar-refractivity contribution in [2.24, 2.45) is 0 Å². The fraction of sp³-hybridized carbons (Fsp3) is 0.489. The van der Waals surface area contributed by atoms with Gasteiger partial charge in [0.25, 0.3) is 0 Å². The van der Waals surface area contributed by atoms with Crippen LogP contribution in [0.25, 0.3) is 5.57 Å². The van der Waals surface area contributed by atoms with Crippen LogP contribution in [0.4, 0.5) is 14.4 Å². The smallest absolute Gasteiger partial charge is 0.465 e. The van der Waals surface area contributed by atoms with E-state index < -0.39 is 16.8 Å². The second-order valence-electron chi connectivity index (χ2n) is 34.1. The van der Waals surface area contributed by atoms with Crippen LogP contribution in [0.1, 0.15) is 214 Å². The molecule has 0 radical (unpaired) electrons. The minimum Gasteiger partial charge on any atom is -0.465 e. The highest BCUT2D eigenvalue weighted by molar-refractivity contribution is 9.10. The van der Waals surface area contributed by atoms with Gasteiger partial charge >= 0.3 is 43.3 Å². The molecule has 20 nitrogen and oxygen atoms in total. The number of methoxy groups -OCH3 is 3. The summed E-state index contributed by atoms with van der Waals surface area (Å²) in [5.74, 6) is -0.338. The van der Waals surface area contributed by atoms with Crippen LogP contribution in [0.2, 0.25) is 0 Å². The molecule has 0 unspecified atom stereocenters. The van der Waals surface area contributed by atoms with E-state index in [-0.39, 0.29) is 54.5 Å². The Morgan fingerprint density at radius 3 is 1.13 bits per heavy atom. The second kappa shape index (κ2) is 37.5. The molecule has 6 aromatic rings. The quantitative estimate of drug-likeness (QED) is 0.0637. The number of benzene rings is 6. The molecule has 0 atom stereocenters. The van der Waals surface area contributed by atoms with Gasteiger partial charge in [-0.25, -0.2) is 28.8 Å². The molecule has 2 saturated heterocycles. The molecule has 22 heteroatoms. The van der Waals surface area contributed by atoms with Crippen LogP contribution < -0.4 is 0 Å². The van der Waals surface area contributed by atoms with Crippen molar-refractivity contribution in [3.63, 3.8) is 0 Å². The van der Waals surface area contributed by atoms with E-state index in [1.807, 2.05) is 143 Å². The summed E-state index contributed by atoms with van der Waals surface area (Å²) in [7, 11) is 3.94. The first-order chi connectivity index (χ1) is 53.0. The molecule has 0 saturated carbocycles.